The van der Waals surface area contributed by atoms with Gasteiger partial charge in [0.25, 0.3) is 0 Å². The molecule has 2 N–H and O–H groups in total. The summed E-state index contributed by atoms with van der Waals surface area (Å²) in [5.74, 6) is -6.26. The summed E-state index contributed by atoms with van der Waals surface area (Å²) in [5, 5.41) is 17.6. The van der Waals surface area contributed by atoms with Crippen molar-refractivity contribution in [1.82, 2.24) is 0 Å². The lowest BCUT2D eigenvalue weighted by atomic mass is 9.79. The number of ether oxygens (including phenoxy) is 4. The number of cyclic esters (lactones) is 2. The van der Waals surface area contributed by atoms with Crippen LogP contribution in [0.15, 0.2) is 0 Å². The third kappa shape index (κ3) is 5.38. The van der Waals surface area contributed by atoms with Crippen LogP contribution >= 0.6 is 0 Å². The van der Waals surface area contributed by atoms with E-state index in [9.17, 15) is 28.8 Å². The van der Waals surface area contributed by atoms with Crippen molar-refractivity contribution < 1.29 is 57.9 Å². The maximum absolute atomic E-state index is 11.1. The van der Waals surface area contributed by atoms with Crippen LogP contribution in [0.5, 0.6) is 0 Å². The predicted molar refractivity (Wildman–Crippen MR) is 105 cm³/mol. The van der Waals surface area contributed by atoms with Crippen molar-refractivity contribution in [2.45, 2.75) is 71.4 Å². The third-order valence-electron chi connectivity index (χ3n) is 6.15. The van der Waals surface area contributed by atoms with Gasteiger partial charge in [0.2, 0.25) is 0 Å². The van der Waals surface area contributed by atoms with Crippen LogP contribution in [-0.4, -0.2) is 70.4 Å². The van der Waals surface area contributed by atoms with E-state index < -0.39 is 35.7 Å². The Labute approximate surface area is 189 Å². The van der Waals surface area contributed by atoms with Gasteiger partial charge in [0.05, 0.1) is 48.1 Å². The highest BCUT2D eigenvalue weighted by Gasteiger charge is 2.61. The molecule has 0 saturated carbocycles. The summed E-state index contributed by atoms with van der Waals surface area (Å²) in [7, 11) is 0. The van der Waals surface area contributed by atoms with Crippen molar-refractivity contribution in [2.75, 3.05) is 0 Å². The summed E-state index contributed by atoms with van der Waals surface area (Å²) in [6, 6.07) is 0. The second-order valence-electron chi connectivity index (χ2n) is 8.19. The lowest BCUT2D eigenvalue weighted by Gasteiger charge is -2.20. The van der Waals surface area contributed by atoms with Crippen LogP contribution < -0.4 is 0 Å². The van der Waals surface area contributed by atoms with E-state index in [0.717, 1.165) is 12.8 Å². The summed E-state index contributed by atoms with van der Waals surface area (Å²) in [6.45, 7) is 2.36. The standard InChI is InChI=1S/C8H10O5.C8H8O4.C4H6O3.CH4/c9-7(10)5-3-1-2-4(13-3)6(5)8(11)12;9-7-5-3-1-2-4(11-3)6(5)8(10)12-7;1-3(5)7-4(2)6;/h3-6H,1-2H2,(H,9,10)(H,11,12);3-6H,1-2H2;1-2H3;1H4/t3-,4+,5-,6+;3-,4+,5?,6?;;. The largest absolute Gasteiger partial charge is 0.481 e. The number of hydrogen-bond acceptors (Lipinski definition) is 10. The minimum Gasteiger partial charge on any atom is -0.481 e. The molecule has 8 atom stereocenters. The lowest BCUT2D eigenvalue weighted by Crippen LogP contribution is -2.38. The molecule has 0 aromatic rings. The zero-order valence-corrected chi connectivity index (χ0v) is 17.4. The van der Waals surface area contributed by atoms with E-state index in [2.05, 4.69) is 9.47 Å². The highest BCUT2D eigenvalue weighted by Crippen LogP contribution is 2.47. The summed E-state index contributed by atoms with van der Waals surface area (Å²) in [4.78, 5) is 63.4. The molecule has 5 heterocycles. The van der Waals surface area contributed by atoms with Gasteiger partial charge in [-0.05, 0) is 25.7 Å². The Kier molecular flexibility index (Phi) is 8.30. The van der Waals surface area contributed by atoms with Gasteiger partial charge in [0.1, 0.15) is 0 Å². The fourth-order valence-electron chi connectivity index (χ4n) is 5.02. The van der Waals surface area contributed by atoms with E-state index in [1.54, 1.807) is 0 Å². The minimum atomic E-state index is -1.06. The normalized spacial score (nSPS) is 36.3. The van der Waals surface area contributed by atoms with E-state index in [4.69, 9.17) is 19.7 Å². The molecule has 2 unspecified atom stereocenters. The fraction of sp³-hybridized carbons (Fsp3) is 0.714. The van der Waals surface area contributed by atoms with Crippen LogP contribution in [0.4, 0.5) is 0 Å². The molecule has 12 nitrogen and oxygen atoms in total. The van der Waals surface area contributed by atoms with Gasteiger partial charge in [-0.2, -0.15) is 0 Å². The summed E-state index contributed by atoms with van der Waals surface area (Å²) >= 11 is 0. The van der Waals surface area contributed by atoms with Gasteiger partial charge in [-0.3, -0.25) is 28.8 Å². The maximum atomic E-state index is 11.1. The molecule has 33 heavy (non-hydrogen) atoms. The highest BCUT2D eigenvalue weighted by atomic mass is 16.6. The molecule has 5 aliphatic heterocycles. The van der Waals surface area contributed by atoms with Gasteiger partial charge in [0.15, 0.2) is 0 Å². The monoisotopic (exact) mass is 472 g/mol. The zero-order valence-electron chi connectivity index (χ0n) is 17.4. The highest BCUT2D eigenvalue weighted by molar-refractivity contribution is 5.97. The quantitative estimate of drug-likeness (QED) is 0.421. The van der Waals surface area contributed by atoms with Gasteiger partial charge < -0.3 is 29.2 Å². The Hall–Kier alpha value is -2.86. The van der Waals surface area contributed by atoms with Gasteiger partial charge in [0, 0.05) is 13.8 Å². The van der Waals surface area contributed by atoms with Crippen molar-refractivity contribution in [1.29, 1.82) is 0 Å². The van der Waals surface area contributed by atoms with Crippen molar-refractivity contribution in [3.8, 4) is 0 Å². The van der Waals surface area contributed by atoms with Gasteiger partial charge in [-0.25, -0.2) is 0 Å². The molecule has 4 bridgehead atoms. The van der Waals surface area contributed by atoms with Crippen molar-refractivity contribution >= 4 is 35.8 Å². The average Bonchev–Trinajstić information content (AvgIpc) is 3.47. The molecule has 5 saturated heterocycles. The number of carbonyl (C=O) groups excluding carboxylic acids is 4. The number of carboxylic acid groups (broad SMARTS) is 2. The van der Waals surface area contributed by atoms with Crippen LogP contribution in [0.3, 0.4) is 0 Å². The smallest absolute Gasteiger partial charge is 0.320 e. The third-order valence-corrected chi connectivity index (χ3v) is 6.15. The first kappa shape index (κ1) is 26.4. The number of hydrogen-bond donors (Lipinski definition) is 2. The number of carbonyl (C=O) groups is 6. The molecule has 5 fully saturated rings. The Bertz CT molecular complexity index is 771. The molecular formula is C21H28O12. The minimum absolute atomic E-state index is 0. The van der Waals surface area contributed by atoms with E-state index in [1.165, 1.54) is 13.8 Å². The first-order valence-corrected chi connectivity index (χ1v) is 10.2. The Morgan fingerprint density at radius 3 is 1.36 bits per heavy atom. The van der Waals surface area contributed by atoms with E-state index >= 15 is 0 Å². The maximum Gasteiger partial charge on any atom is 0.320 e. The molecule has 12 heteroatoms. The van der Waals surface area contributed by atoms with Crippen LogP contribution in [0, 0.1) is 23.7 Å². The molecule has 5 rings (SSSR count). The average molecular weight is 472 g/mol. The summed E-state index contributed by atoms with van der Waals surface area (Å²) < 4.78 is 19.2. The lowest BCUT2D eigenvalue weighted by molar-refractivity contribution is -0.158. The van der Waals surface area contributed by atoms with Crippen molar-refractivity contribution in [2.24, 2.45) is 23.7 Å². The number of aliphatic carboxylic acids is 2. The van der Waals surface area contributed by atoms with Crippen molar-refractivity contribution in [3.63, 3.8) is 0 Å². The second-order valence-corrected chi connectivity index (χ2v) is 8.19. The fourth-order valence-corrected chi connectivity index (χ4v) is 5.02. The predicted octanol–water partition coefficient (Wildman–Crippen LogP) is 0.545. The molecule has 0 aliphatic carbocycles. The molecule has 0 spiro atoms. The molecule has 0 aromatic carbocycles. The molecule has 5 aliphatic rings. The number of fused-ring (bicyclic) bond motifs is 7. The SMILES string of the molecule is C.CC(=O)OC(C)=O.O=C(O)[C@@H]1[C@H](C(=O)O)[C@H]2CC[C@@H]1O2.O=C1OC(=O)C2C1[C@@H]1CC[C@H]2O1. The summed E-state index contributed by atoms with van der Waals surface area (Å²) in [5.41, 5.74) is 0. The van der Waals surface area contributed by atoms with E-state index in [0.29, 0.717) is 12.8 Å². The Morgan fingerprint density at radius 1 is 0.727 bits per heavy atom. The molecule has 0 aromatic heterocycles. The first-order chi connectivity index (χ1) is 15.0. The second kappa shape index (κ2) is 10.4. The van der Waals surface area contributed by atoms with Crippen LogP contribution in [0.1, 0.15) is 47.0 Å². The number of rotatable bonds is 2. The number of esters is 4. The van der Waals surface area contributed by atoms with E-state index in [-0.39, 0.29) is 55.6 Å². The van der Waals surface area contributed by atoms with Crippen LogP contribution in [-0.2, 0) is 47.7 Å². The Morgan fingerprint density at radius 2 is 1.06 bits per heavy atom. The molecule has 184 valence electrons. The van der Waals surface area contributed by atoms with Crippen molar-refractivity contribution in [3.05, 3.63) is 0 Å². The van der Waals surface area contributed by atoms with Gasteiger partial charge in [-0.1, -0.05) is 7.43 Å². The van der Waals surface area contributed by atoms with E-state index in [1.807, 2.05) is 0 Å². The van der Waals surface area contributed by atoms with Crippen LogP contribution in [0.2, 0.25) is 0 Å². The first-order valence-electron chi connectivity index (χ1n) is 10.2. The molecule has 0 radical (unpaired) electrons. The topological polar surface area (TPSA) is 180 Å². The molecule has 0 amide bonds. The summed E-state index contributed by atoms with van der Waals surface area (Å²) in [6.07, 6.45) is 2.28. The van der Waals surface area contributed by atoms with Gasteiger partial charge >= 0.3 is 35.8 Å². The van der Waals surface area contributed by atoms with Gasteiger partial charge in [-0.15, -0.1) is 0 Å². The number of carboxylic acids is 2. The zero-order chi connectivity index (χ0) is 23.7. The molecular weight excluding hydrogens is 444 g/mol. The Balaban J connectivity index is 0.000000181. The van der Waals surface area contributed by atoms with Crippen LogP contribution in [0.25, 0.3) is 0 Å².